The summed E-state index contributed by atoms with van der Waals surface area (Å²) < 4.78 is 34.8. The van der Waals surface area contributed by atoms with Crippen LogP contribution in [0.2, 0.25) is 5.02 Å². The van der Waals surface area contributed by atoms with Gasteiger partial charge in [0.25, 0.3) is 10.0 Å². The van der Waals surface area contributed by atoms with Crippen molar-refractivity contribution in [3.8, 4) is 5.75 Å². The SMILES string of the molecule is COc1ccc(S(=O)(=O)N(CC(=O)N(Cc2ccc(Cl)cc2)[C@@H](C)C(=O)NC(C)(C)C)c2ccc(C)cc2)cc1Br. The van der Waals surface area contributed by atoms with Gasteiger partial charge in [-0.2, -0.15) is 0 Å². The molecule has 220 valence electrons. The molecule has 8 nitrogen and oxygen atoms in total. The highest BCUT2D eigenvalue weighted by Crippen LogP contribution is 2.31. The molecule has 3 aromatic carbocycles. The summed E-state index contributed by atoms with van der Waals surface area (Å²) in [5.74, 6) is -0.438. The molecule has 0 bridgehead atoms. The average molecular weight is 665 g/mol. The van der Waals surface area contributed by atoms with Gasteiger partial charge in [-0.3, -0.25) is 13.9 Å². The Bertz CT molecular complexity index is 1490. The molecular weight excluding hydrogens is 630 g/mol. The van der Waals surface area contributed by atoms with Gasteiger partial charge in [0, 0.05) is 17.1 Å². The topological polar surface area (TPSA) is 96.0 Å². The van der Waals surface area contributed by atoms with Crippen molar-refractivity contribution in [2.75, 3.05) is 18.0 Å². The first-order valence-electron chi connectivity index (χ1n) is 12.9. The molecule has 3 rings (SSSR count). The third-order valence-corrected chi connectivity index (χ3v) is 8.89. The van der Waals surface area contributed by atoms with Crippen LogP contribution in [0.1, 0.15) is 38.8 Å². The molecular formula is C30H35BrClN3O5S. The maximum absolute atomic E-state index is 14.0. The second-order valence-corrected chi connectivity index (χ2v) is 13.9. The molecule has 11 heteroatoms. The fourth-order valence-electron chi connectivity index (χ4n) is 4.02. The van der Waals surface area contributed by atoms with Gasteiger partial charge in [0.05, 0.1) is 22.2 Å². The van der Waals surface area contributed by atoms with Crippen molar-refractivity contribution < 1.29 is 22.7 Å². The zero-order valence-corrected chi connectivity index (χ0v) is 27.1. The summed E-state index contributed by atoms with van der Waals surface area (Å²) in [6.45, 7) is 8.60. The van der Waals surface area contributed by atoms with Crippen LogP contribution in [0.25, 0.3) is 0 Å². The first-order valence-corrected chi connectivity index (χ1v) is 15.5. The minimum atomic E-state index is -4.21. The Morgan fingerprint density at radius 3 is 2.17 bits per heavy atom. The van der Waals surface area contributed by atoms with Crippen LogP contribution in [0.3, 0.4) is 0 Å². The number of nitrogens with zero attached hydrogens (tertiary/aromatic N) is 2. The number of aryl methyl sites for hydroxylation is 1. The van der Waals surface area contributed by atoms with Gasteiger partial charge >= 0.3 is 0 Å². The molecule has 0 spiro atoms. The standard InChI is InChI=1S/C30H35BrClN3O5S/c1-20-7-13-24(14-8-20)35(41(38,39)25-15-16-27(40-6)26(31)17-25)19-28(36)34(18-22-9-11-23(32)12-10-22)21(2)29(37)33-30(3,4)5/h7-17,21H,18-19H2,1-6H3,(H,33,37)/t21-/m0/s1. The lowest BCUT2D eigenvalue weighted by atomic mass is 10.1. The molecule has 0 saturated heterocycles. The van der Waals surface area contributed by atoms with Gasteiger partial charge in [0.1, 0.15) is 18.3 Å². The number of hydrogen-bond acceptors (Lipinski definition) is 5. The smallest absolute Gasteiger partial charge is 0.264 e. The van der Waals surface area contributed by atoms with Crippen molar-refractivity contribution in [3.63, 3.8) is 0 Å². The number of nitrogens with one attached hydrogen (secondary N) is 1. The molecule has 1 atom stereocenters. The average Bonchev–Trinajstić information content (AvgIpc) is 2.90. The number of hydrogen-bond donors (Lipinski definition) is 1. The number of carbonyl (C=O) groups is 2. The van der Waals surface area contributed by atoms with E-state index in [0.29, 0.717) is 20.9 Å². The van der Waals surface area contributed by atoms with Crippen molar-refractivity contribution in [1.82, 2.24) is 10.2 Å². The predicted molar refractivity (Wildman–Crippen MR) is 166 cm³/mol. The Kier molecular flexibility index (Phi) is 10.5. The number of anilines is 1. The highest BCUT2D eigenvalue weighted by atomic mass is 79.9. The van der Waals surface area contributed by atoms with Crippen LogP contribution < -0.4 is 14.4 Å². The van der Waals surface area contributed by atoms with E-state index < -0.39 is 34.1 Å². The van der Waals surface area contributed by atoms with E-state index >= 15 is 0 Å². The fraction of sp³-hybridized carbons (Fsp3) is 0.333. The van der Waals surface area contributed by atoms with E-state index in [1.54, 1.807) is 55.5 Å². The number of methoxy groups -OCH3 is 1. The highest BCUT2D eigenvalue weighted by molar-refractivity contribution is 9.10. The molecule has 2 amide bonds. The van der Waals surface area contributed by atoms with E-state index in [9.17, 15) is 18.0 Å². The summed E-state index contributed by atoms with van der Waals surface area (Å²) >= 11 is 9.41. The quantitative estimate of drug-likeness (QED) is 0.289. The molecule has 3 aromatic rings. The van der Waals surface area contributed by atoms with Gasteiger partial charge < -0.3 is 15.0 Å². The summed E-state index contributed by atoms with van der Waals surface area (Å²) in [4.78, 5) is 28.5. The van der Waals surface area contributed by atoms with E-state index in [2.05, 4.69) is 21.2 Å². The Morgan fingerprint density at radius 2 is 1.63 bits per heavy atom. The molecule has 0 saturated carbocycles. The third-order valence-electron chi connectivity index (χ3n) is 6.24. The number of amides is 2. The van der Waals surface area contributed by atoms with Crippen molar-refractivity contribution in [1.29, 1.82) is 0 Å². The van der Waals surface area contributed by atoms with Gasteiger partial charge in [-0.1, -0.05) is 41.4 Å². The molecule has 41 heavy (non-hydrogen) atoms. The summed E-state index contributed by atoms with van der Waals surface area (Å²) in [5.41, 5.74) is 1.46. The molecule has 1 N–H and O–H groups in total. The number of sulfonamides is 1. The number of benzene rings is 3. The molecule has 0 heterocycles. The van der Waals surface area contributed by atoms with Crippen molar-refractivity contribution in [2.24, 2.45) is 0 Å². The number of ether oxygens (including phenoxy) is 1. The third kappa shape index (κ3) is 8.47. The molecule has 0 fully saturated rings. The van der Waals surface area contributed by atoms with Gasteiger partial charge in [-0.05, 0) is 98.6 Å². The number of carbonyl (C=O) groups excluding carboxylic acids is 2. The number of halogens is 2. The van der Waals surface area contributed by atoms with Crippen LogP contribution in [0.15, 0.2) is 76.1 Å². The van der Waals surface area contributed by atoms with E-state index in [1.807, 2.05) is 27.7 Å². The Hall–Kier alpha value is -3.08. The van der Waals surface area contributed by atoms with E-state index in [-0.39, 0.29) is 17.3 Å². The lowest BCUT2D eigenvalue weighted by Gasteiger charge is -2.33. The summed E-state index contributed by atoms with van der Waals surface area (Å²) in [6.07, 6.45) is 0. The van der Waals surface area contributed by atoms with Crippen LogP contribution in [0, 0.1) is 6.92 Å². The number of rotatable bonds is 10. The second kappa shape index (κ2) is 13.3. The Morgan fingerprint density at radius 1 is 1.02 bits per heavy atom. The largest absolute Gasteiger partial charge is 0.496 e. The summed E-state index contributed by atoms with van der Waals surface area (Å²) in [5, 5.41) is 3.45. The van der Waals surface area contributed by atoms with Gasteiger partial charge in [0.15, 0.2) is 0 Å². The van der Waals surface area contributed by atoms with Crippen molar-refractivity contribution in [2.45, 2.75) is 57.6 Å². The zero-order chi connectivity index (χ0) is 30.5. The fourth-order valence-corrected chi connectivity index (χ4v) is 6.28. The molecule has 0 aliphatic heterocycles. The molecule has 0 aromatic heterocycles. The zero-order valence-electron chi connectivity index (χ0n) is 23.9. The minimum Gasteiger partial charge on any atom is -0.496 e. The van der Waals surface area contributed by atoms with Crippen LogP contribution in [-0.2, 0) is 26.2 Å². The lowest BCUT2D eigenvalue weighted by Crippen LogP contribution is -2.54. The van der Waals surface area contributed by atoms with Gasteiger partial charge in [0.2, 0.25) is 11.8 Å². The minimum absolute atomic E-state index is 0.0266. The van der Waals surface area contributed by atoms with E-state index in [0.717, 1.165) is 15.4 Å². The lowest BCUT2D eigenvalue weighted by molar-refractivity contribution is -0.140. The normalized spacial score (nSPS) is 12.4. The predicted octanol–water partition coefficient (Wildman–Crippen LogP) is 5.95. The first-order chi connectivity index (χ1) is 19.1. The van der Waals surface area contributed by atoms with Crippen molar-refractivity contribution >= 4 is 55.1 Å². The maximum Gasteiger partial charge on any atom is 0.264 e. The van der Waals surface area contributed by atoms with Crippen LogP contribution >= 0.6 is 27.5 Å². The first kappa shape index (κ1) is 32.4. The molecule has 0 radical (unpaired) electrons. The van der Waals surface area contributed by atoms with Crippen LogP contribution in [0.4, 0.5) is 5.69 Å². The summed E-state index contributed by atoms with van der Waals surface area (Å²) in [6, 6.07) is 17.3. The highest BCUT2D eigenvalue weighted by Gasteiger charge is 2.33. The maximum atomic E-state index is 14.0. The van der Waals surface area contributed by atoms with Crippen LogP contribution in [0.5, 0.6) is 5.75 Å². The monoisotopic (exact) mass is 663 g/mol. The molecule has 0 unspecified atom stereocenters. The van der Waals surface area contributed by atoms with E-state index in [4.69, 9.17) is 16.3 Å². The Balaban J connectivity index is 2.05. The van der Waals surface area contributed by atoms with Crippen LogP contribution in [-0.4, -0.2) is 50.4 Å². The summed E-state index contributed by atoms with van der Waals surface area (Å²) in [7, 11) is -2.73. The van der Waals surface area contributed by atoms with E-state index in [1.165, 1.54) is 30.2 Å². The molecule has 0 aliphatic carbocycles. The second-order valence-electron chi connectivity index (χ2n) is 10.7. The Labute approximate surface area is 255 Å². The van der Waals surface area contributed by atoms with Crippen molar-refractivity contribution in [3.05, 3.63) is 87.4 Å². The van der Waals surface area contributed by atoms with Gasteiger partial charge in [-0.25, -0.2) is 8.42 Å². The van der Waals surface area contributed by atoms with Gasteiger partial charge in [-0.15, -0.1) is 0 Å². The molecule has 0 aliphatic rings.